The number of carbonyl (C=O) groups is 1. The predicted octanol–water partition coefficient (Wildman–Crippen LogP) is 0.292. The van der Waals surface area contributed by atoms with E-state index in [1.807, 2.05) is 6.92 Å². The van der Waals surface area contributed by atoms with Crippen molar-refractivity contribution in [3.63, 3.8) is 0 Å². The third-order valence-electron chi connectivity index (χ3n) is 1.79. The average Bonchev–Trinajstić information content (AvgIpc) is 2.04. The lowest BCUT2D eigenvalue weighted by Crippen LogP contribution is -2.34. The molecule has 4 N–H and O–H groups in total. The van der Waals surface area contributed by atoms with E-state index in [4.69, 9.17) is 10.8 Å². The molecule has 0 heterocycles. The quantitative estimate of drug-likeness (QED) is 0.583. The summed E-state index contributed by atoms with van der Waals surface area (Å²) in [7, 11) is 0. The van der Waals surface area contributed by atoms with E-state index in [1.54, 1.807) is 6.92 Å². The van der Waals surface area contributed by atoms with Crippen LogP contribution in [-0.2, 0) is 4.79 Å². The molecule has 0 aliphatic rings. The van der Waals surface area contributed by atoms with Gasteiger partial charge in [-0.05, 0) is 13.3 Å². The van der Waals surface area contributed by atoms with Gasteiger partial charge in [0.2, 0.25) is 0 Å². The van der Waals surface area contributed by atoms with Crippen LogP contribution in [0.15, 0.2) is 0 Å². The Morgan fingerprint density at radius 1 is 1.69 bits per heavy atom. The summed E-state index contributed by atoms with van der Waals surface area (Å²) in [6, 6.07) is -0.836. The number of rotatable bonds is 6. The molecule has 0 aromatic rings. The third kappa shape index (κ3) is 5.90. The van der Waals surface area contributed by atoms with E-state index in [2.05, 4.69) is 0 Å². The largest absolute Gasteiger partial charge is 0.480 e. The molecule has 0 rings (SSSR count). The molecule has 0 amide bonds. The zero-order chi connectivity index (χ0) is 10.5. The lowest BCUT2D eigenvalue weighted by molar-refractivity contribution is -0.137. The summed E-state index contributed by atoms with van der Waals surface area (Å²) in [4.78, 5) is 10.3. The van der Waals surface area contributed by atoms with Gasteiger partial charge in [-0.1, -0.05) is 6.92 Å². The maximum absolute atomic E-state index is 10.3. The fourth-order valence-corrected chi connectivity index (χ4v) is 1.74. The summed E-state index contributed by atoms with van der Waals surface area (Å²) in [6.45, 7) is 3.62. The Labute approximate surface area is 82.5 Å². The van der Waals surface area contributed by atoms with Crippen molar-refractivity contribution in [3.05, 3.63) is 0 Å². The molecule has 1 unspecified atom stereocenters. The maximum Gasteiger partial charge on any atom is 0.321 e. The topological polar surface area (TPSA) is 83.5 Å². The highest BCUT2D eigenvalue weighted by atomic mass is 32.2. The number of hydrogen-bond acceptors (Lipinski definition) is 4. The Bertz CT molecular complexity index is 173. The van der Waals surface area contributed by atoms with E-state index < -0.39 is 17.6 Å². The van der Waals surface area contributed by atoms with Crippen molar-refractivity contribution in [2.45, 2.75) is 31.9 Å². The molecule has 5 heteroatoms. The van der Waals surface area contributed by atoms with Crippen LogP contribution in [0, 0.1) is 0 Å². The number of hydrogen-bond donors (Lipinski definition) is 3. The SMILES string of the molecule is CCC(C)(O)CSC[C@@H](N)C(=O)O. The highest BCUT2D eigenvalue weighted by molar-refractivity contribution is 7.99. The summed E-state index contributed by atoms with van der Waals surface area (Å²) in [6.07, 6.45) is 0.655. The van der Waals surface area contributed by atoms with Crippen LogP contribution >= 0.6 is 11.8 Å². The summed E-state index contributed by atoms with van der Waals surface area (Å²) >= 11 is 1.37. The summed E-state index contributed by atoms with van der Waals surface area (Å²) in [5.74, 6) is -0.140. The van der Waals surface area contributed by atoms with Crippen LogP contribution in [0.3, 0.4) is 0 Å². The Balaban J connectivity index is 3.62. The van der Waals surface area contributed by atoms with Gasteiger partial charge in [0.15, 0.2) is 0 Å². The number of nitrogens with two attached hydrogens (primary N) is 1. The van der Waals surface area contributed by atoms with Crippen molar-refractivity contribution in [1.29, 1.82) is 0 Å². The van der Waals surface area contributed by atoms with Crippen molar-refractivity contribution >= 4 is 17.7 Å². The summed E-state index contributed by atoms with van der Waals surface area (Å²) < 4.78 is 0. The van der Waals surface area contributed by atoms with Crippen molar-refractivity contribution in [1.82, 2.24) is 0 Å². The molecule has 0 bridgehead atoms. The molecule has 0 aromatic carbocycles. The fraction of sp³-hybridized carbons (Fsp3) is 0.875. The number of carboxylic acid groups (broad SMARTS) is 1. The molecule has 2 atom stereocenters. The first-order chi connectivity index (χ1) is 5.89. The summed E-state index contributed by atoms with van der Waals surface area (Å²) in [5, 5.41) is 18.0. The second-order valence-electron chi connectivity index (χ2n) is 3.31. The fourth-order valence-electron chi connectivity index (χ4n) is 0.579. The monoisotopic (exact) mass is 207 g/mol. The van der Waals surface area contributed by atoms with Crippen LogP contribution < -0.4 is 5.73 Å². The minimum Gasteiger partial charge on any atom is -0.480 e. The van der Waals surface area contributed by atoms with Crippen LogP contribution in [0.4, 0.5) is 0 Å². The zero-order valence-electron chi connectivity index (χ0n) is 7.99. The molecule has 0 saturated heterocycles. The van der Waals surface area contributed by atoms with Gasteiger partial charge in [0.05, 0.1) is 5.60 Å². The molecule has 13 heavy (non-hydrogen) atoms. The van der Waals surface area contributed by atoms with E-state index in [0.29, 0.717) is 17.9 Å². The van der Waals surface area contributed by atoms with Gasteiger partial charge in [0.25, 0.3) is 0 Å². The molecular formula is C8H17NO3S. The average molecular weight is 207 g/mol. The van der Waals surface area contributed by atoms with Crippen molar-refractivity contribution < 1.29 is 15.0 Å². The second-order valence-corrected chi connectivity index (χ2v) is 4.34. The lowest BCUT2D eigenvalue weighted by Gasteiger charge is -2.20. The molecule has 0 spiro atoms. The van der Waals surface area contributed by atoms with Gasteiger partial charge in [-0.15, -0.1) is 0 Å². The number of thioether (sulfide) groups is 1. The number of aliphatic hydroxyl groups is 1. The van der Waals surface area contributed by atoms with Gasteiger partial charge < -0.3 is 15.9 Å². The molecule has 0 aromatic heterocycles. The first kappa shape index (κ1) is 12.7. The van der Waals surface area contributed by atoms with E-state index in [-0.39, 0.29) is 0 Å². The minimum atomic E-state index is -0.997. The van der Waals surface area contributed by atoms with Gasteiger partial charge in [0.1, 0.15) is 6.04 Å². The van der Waals surface area contributed by atoms with Gasteiger partial charge in [-0.3, -0.25) is 4.79 Å². The molecule has 0 aliphatic carbocycles. The standard InChI is InChI=1S/C8H17NO3S/c1-3-8(2,12)5-13-4-6(9)7(10)11/h6,12H,3-5,9H2,1-2H3,(H,10,11)/t6-,8?/m1/s1. The van der Waals surface area contributed by atoms with Gasteiger partial charge in [0, 0.05) is 11.5 Å². The van der Waals surface area contributed by atoms with E-state index in [1.165, 1.54) is 11.8 Å². The zero-order valence-corrected chi connectivity index (χ0v) is 8.80. The second kappa shape index (κ2) is 5.47. The third-order valence-corrected chi connectivity index (χ3v) is 3.21. The van der Waals surface area contributed by atoms with Gasteiger partial charge in [-0.25, -0.2) is 0 Å². The van der Waals surface area contributed by atoms with Gasteiger partial charge in [-0.2, -0.15) is 11.8 Å². The summed E-state index contributed by atoms with van der Waals surface area (Å²) in [5.41, 5.74) is 4.57. The predicted molar refractivity (Wildman–Crippen MR) is 53.9 cm³/mol. The molecule has 0 aliphatic heterocycles. The van der Waals surface area contributed by atoms with Crippen LogP contribution in [0.2, 0.25) is 0 Å². The highest BCUT2D eigenvalue weighted by Crippen LogP contribution is 2.16. The van der Waals surface area contributed by atoms with Crippen LogP contribution in [0.25, 0.3) is 0 Å². The highest BCUT2D eigenvalue weighted by Gasteiger charge is 2.19. The van der Waals surface area contributed by atoms with Crippen LogP contribution in [0.1, 0.15) is 20.3 Å². The molecule has 0 fully saturated rings. The number of carboxylic acids is 1. The smallest absolute Gasteiger partial charge is 0.321 e. The maximum atomic E-state index is 10.3. The normalized spacial score (nSPS) is 17.8. The Hall–Kier alpha value is -0.260. The first-order valence-corrected chi connectivity index (χ1v) is 5.33. The minimum absolute atomic E-state index is 0.339. The molecule has 4 nitrogen and oxygen atoms in total. The molecule has 78 valence electrons. The lowest BCUT2D eigenvalue weighted by atomic mass is 10.1. The van der Waals surface area contributed by atoms with E-state index >= 15 is 0 Å². The molecular weight excluding hydrogens is 190 g/mol. The van der Waals surface area contributed by atoms with Crippen molar-refractivity contribution in [2.75, 3.05) is 11.5 Å². The van der Waals surface area contributed by atoms with Crippen LogP contribution in [0.5, 0.6) is 0 Å². The van der Waals surface area contributed by atoms with E-state index in [0.717, 1.165) is 0 Å². The Kier molecular flexibility index (Phi) is 5.36. The Morgan fingerprint density at radius 3 is 2.62 bits per heavy atom. The van der Waals surface area contributed by atoms with Gasteiger partial charge >= 0.3 is 5.97 Å². The van der Waals surface area contributed by atoms with E-state index in [9.17, 15) is 9.90 Å². The molecule has 0 radical (unpaired) electrons. The molecule has 0 saturated carbocycles. The first-order valence-electron chi connectivity index (χ1n) is 4.17. The Morgan fingerprint density at radius 2 is 2.23 bits per heavy atom. The number of aliphatic carboxylic acids is 1. The van der Waals surface area contributed by atoms with Crippen molar-refractivity contribution in [2.24, 2.45) is 5.73 Å². The van der Waals surface area contributed by atoms with Crippen molar-refractivity contribution in [3.8, 4) is 0 Å². The van der Waals surface area contributed by atoms with Crippen LogP contribution in [-0.4, -0.2) is 39.3 Å².